The lowest BCUT2D eigenvalue weighted by Crippen LogP contribution is -2.62. The molecule has 0 aromatic heterocycles. The van der Waals surface area contributed by atoms with Crippen molar-refractivity contribution in [3.8, 4) is 11.5 Å². The van der Waals surface area contributed by atoms with Crippen molar-refractivity contribution in [2.24, 2.45) is 5.92 Å². The van der Waals surface area contributed by atoms with Gasteiger partial charge in [0.2, 0.25) is 5.78 Å². The average molecular weight is 755 g/mol. The summed E-state index contributed by atoms with van der Waals surface area (Å²) in [4.78, 5) is 69.7. The molecule has 3 aliphatic carbocycles. The number of hydrogen-bond donors (Lipinski definition) is 6. The molecule has 1 saturated heterocycles. The first-order chi connectivity index (χ1) is 26.3. The summed E-state index contributed by atoms with van der Waals surface area (Å²) in [7, 11) is 2.73. The number of phenolic OH excluding ortho intramolecular Hbond substituents is 2. The highest BCUT2D eigenvalue weighted by Gasteiger charge is 2.53. The Labute approximate surface area is 316 Å². The quantitative estimate of drug-likeness (QED) is 0.173. The van der Waals surface area contributed by atoms with Gasteiger partial charge < -0.3 is 45.3 Å². The zero-order valence-corrected chi connectivity index (χ0v) is 30.6. The van der Waals surface area contributed by atoms with Gasteiger partial charge >= 0.3 is 0 Å². The number of phenols is 2. The topological polar surface area (TPSA) is 218 Å². The molecule has 0 bridgehead atoms. The van der Waals surface area contributed by atoms with E-state index in [0.717, 1.165) is 17.7 Å². The summed E-state index contributed by atoms with van der Waals surface area (Å²) in [6.07, 6.45) is -4.03. The molecular weight excluding hydrogens is 712 g/mol. The lowest BCUT2D eigenvalue weighted by molar-refractivity contribution is -0.236. The Balaban J connectivity index is 1.21. The smallest absolute Gasteiger partial charge is 0.255 e. The molecule has 1 amide bonds. The fourth-order valence-corrected chi connectivity index (χ4v) is 8.58. The zero-order valence-electron chi connectivity index (χ0n) is 30.6. The van der Waals surface area contributed by atoms with Crippen molar-refractivity contribution in [3.05, 3.63) is 104 Å². The molecule has 3 unspecified atom stereocenters. The van der Waals surface area contributed by atoms with Crippen molar-refractivity contribution < 1.29 is 58.6 Å². The van der Waals surface area contributed by atoms with E-state index >= 15 is 0 Å². The van der Waals surface area contributed by atoms with Gasteiger partial charge in [-0.1, -0.05) is 36.4 Å². The van der Waals surface area contributed by atoms with Crippen LogP contribution in [0, 0.1) is 12.8 Å². The summed E-state index contributed by atoms with van der Waals surface area (Å²) >= 11 is 0. The van der Waals surface area contributed by atoms with Crippen molar-refractivity contribution in [1.82, 2.24) is 10.6 Å². The van der Waals surface area contributed by atoms with Crippen LogP contribution in [0.5, 0.6) is 11.5 Å². The number of aromatic hydroxyl groups is 2. The number of aliphatic hydroxyl groups excluding tert-OH is 2. The third-order valence-corrected chi connectivity index (χ3v) is 11.2. The van der Waals surface area contributed by atoms with E-state index in [1.165, 1.54) is 14.2 Å². The number of allylic oxidation sites excluding steroid dienone is 2. The molecule has 6 N–H and O–H groups in total. The molecule has 7 rings (SSSR count). The number of nitrogens with one attached hydrogen (secondary N) is 2. The van der Waals surface area contributed by atoms with Gasteiger partial charge in [-0.3, -0.25) is 24.0 Å². The minimum atomic E-state index is -1.47. The average Bonchev–Trinajstić information content (AvgIpc) is 3.14. The van der Waals surface area contributed by atoms with Crippen molar-refractivity contribution in [2.75, 3.05) is 20.8 Å². The first kappa shape index (κ1) is 38.0. The Hall–Kier alpha value is -5.25. The molecule has 14 heteroatoms. The second-order valence-corrected chi connectivity index (χ2v) is 14.5. The normalized spacial score (nSPS) is 27.1. The van der Waals surface area contributed by atoms with Crippen LogP contribution in [0.1, 0.15) is 93.3 Å². The van der Waals surface area contributed by atoms with Crippen LogP contribution in [0.15, 0.2) is 54.2 Å². The summed E-state index contributed by atoms with van der Waals surface area (Å²) in [6.45, 7) is 3.57. The number of aliphatic hydroxyl groups is 2. The van der Waals surface area contributed by atoms with Gasteiger partial charge in [0, 0.05) is 43.5 Å². The van der Waals surface area contributed by atoms with Gasteiger partial charge in [0.15, 0.2) is 23.6 Å². The highest BCUT2D eigenvalue weighted by atomic mass is 16.6. The molecule has 3 aromatic rings. The van der Waals surface area contributed by atoms with Gasteiger partial charge in [-0.2, -0.15) is 0 Å². The third-order valence-electron chi connectivity index (χ3n) is 11.2. The fraction of sp³-hybridized carbons (Fsp3) is 0.390. The number of fused-ring (bicyclic) bond motifs is 5. The molecule has 55 heavy (non-hydrogen) atoms. The molecule has 0 radical (unpaired) electrons. The number of ether oxygens (including phenoxy) is 3. The molecule has 1 fully saturated rings. The number of methoxy groups -OCH3 is 2. The van der Waals surface area contributed by atoms with Gasteiger partial charge in [0.25, 0.3) is 5.91 Å². The monoisotopic (exact) mass is 754 g/mol. The van der Waals surface area contributed by atoms with Crippen LogP contribution >= 0.6 is 0 Å². The third kappa shape index (κ3) is 6.33. The van der Waals surface area contributed by atoms with Gasteiger partial charge in [-0.25, -0.2) is 0 Å². The Kier molecular flexibility index (Phi) is 10.2. The minimum Gasteiger partial charge on any atom is -0.507 e. The molecule has 8 atom stereocenters. The summed E-state index contributed by atoms with van der Waals surface area (Å²) in [6, 6.07) is 12.4. The molecule has 288 valence electrons. The number of hydrogen-bond acceptors (Lipinski definition) is 13. The van der Waals surface area contributed by atoms with Crippen molar-refractivity contribution >= 4 is 29.0 Å². The Morgan fingerprint density at radius 3 is 2.33 bits per heavy atom. The summed E-state index contributed by atoms with van der Waals surface area (Å²) in [5.74, 6) is -8.23. The van der Waals surface area contributed by atoms with E-state index < -0.39 is 100 Å². The first-order valence-corrected chi connectivity index (χ1v) is 18.1. The van der Waals surface area contributed by atoms with Gasteiger partial charge in [0.1, 0.15) is 29.8 Å². The van der Waals surface area contributed by atoms with E-state index in [2.05, 4.69) is 10.6 Å². The standard InChI is InChI=1S/C41H42N2O12/c1-17-13-20-14-24(44)30-31(27(20)34(48)26(17)40(52)42-12-8-11-19-9-6-5-7-10-19)33(47)22-15-21-28(35(49)29(22)36(30)50)25(45)16-23(32(21)46)43-41-39(54-4)37(51)38(53-3)18(2)55-41/h5-7,9-10,13,15-16,18,24,30-31,37-39,41,43-44,48-49,51H,8,11-12,14H2,1-4H3,(H,42,52)/t18-,24+,30?,31?,37+,38-,39+,41?/m0/s1. The minimum absolute atomic E-state index is 0.00305. The van der Waals surface area contributed by atoms with E-state index in [4.69, 9.17) is 14.2 Å². The Morgan fingerprint density at radius 2 is 1.64 bits per heavy atom. The van der Waals surface area contributed by atoms with Crippen molar-refractivity contribution in [3.63, 3.8) is 0 Å². The SMILES string of the molecule is CO[C@@H]1[C@@H](O)[C@@H](OC)C(NC2=CC(=O)c3c(cc4c(c3O)C(=O)C3C(C4=O)c4c(cc(C)c(C(=O)NCCCc5ccccc5)c4O)C[C@H]3O)C2=O)O[C@H]1C. The van der Waals surface area contributed by atoms with E-state index in [1.54, 1.807) is 19.9 Å². The highest BCUT2D eigenvalue weighted by Crippen LogP contribution is 2.51. The molecule has 1 aliphatic heterocycles. The largest absolute Gasteiger partial charge is 0.507 e. The summed E-state index contributed by atoms with van der Waals surface area (Å²) < 4.78 is 16.7. The van der Waals surface area contributed by atoms with Gasteiger partial charge in [0.05, 0.1) is 46.4 Å². The second kappa shape index (κ2) is 14.8. The number of rotatable bonds is 9. The van der Waals surface area contributed by atoms with E-state index in [9.17, 15) is 44.4 Å². The Morgan fingerprint density at radius 1 is 0.927 bits per heavy atom. The number of amides is 1. The van der Waals surface area contributed by atoms with Crippen LogP contribution in [0.2, 0.25) is 0 Å². The molecular formula is C41H42N2O12. The number of ketones is 4. The molecule has 14 nitrogen and oxygen atoms in total. The molecule has 4 aliphatic rings. The van der Waals surface area contributed by atoms with Crippen LogP contribution in [0.25, 0.3) is 0 Å². The summed E-state index contributed by atoms with van der Waals surface area (Å²) in [5.41, 5.74) is -0.256. The maximum Gasteiger partial charge on any atom is 0.255 e. The van der Waals surface area contributed by atoms with Crippen molar-refractivity contribution in [1.29, 1.82) is 0 Å². The van der Waals surface area contributed by atoms with E-state index in [1.807, 2.05) is 30.3 Å². The van der Waals surface area contributed by atoms with E-state index in [-0.39, 0.29) is 34.4 Å². The van der Waals surface area contributed by atoms with Crippen LogP contribution in [-0.4, -0.2) is 107 Å². The number of carbonyl (C=O) groups excluding carboxylic acids is 5. The predicted octanol–water partition coefficient (Wildman–Crippen LogP) is 2.45. The van der Waals surface area contributed by atoms with Crippen LogP contribution in [-0.2, 0) is 27.1 Å². The van der Waals surface area contributed by atoms with Crippen LogP contribution in [0.4, 0.5) is 0 Å². The van der Waals surface area contributed by atoms with Crippen molar-refractivity contribution in [2.45, 2.75) is 75.8 Å². The number of Topliss-reactive ketones (excluding diaryl/α,β-unsaturated/α-hetero) is 3. The highest BCUT2D eigenvalue weighted by molar-refractivity contribution is 6.29. The zero-order chi connectivity index (χ0) is 39.5. The molecule has 0 spiro atoms. The number of carbonyl (C=O) groups is 5. The van der Waals surface area contributed by atoms with Crippen LogP contribution in [0.3, 0.4) is 0 Å². The summed E-state index contributed by atoms with van der Waals surface area (Å²) in [5, 5.41) is 50.9. The fourth-order valence-electron chi connectivity index (χ4n) is 8.58. The maximum atomic E-state index is 14.5. The van der Waals surface area contributed by atoms with E-state index in [0.29, 0.717) is 30.5 Å². The lowest BCUT2D eigenvalue weighted by atomic mass is 9.62. The number of aryl methyl sites for hydroxylation is 2. The maximum absolute atomic E-state index is 14.5. The second-order valence-electron chi connectivity index (χ2n) is 14.5. The lowest BCUT2D eigenvalue weighted by Gasteiger charge is -2.43. The molecule has 3 aromatic carbocycles. The molecule has 0 saturated carbocycles. The number of benzene rings is 3. The first-order valence-electron chi connectivity index (χ1n) is 18.1. The van der Waals surface area contributed by atoms with Crippen LogP contribution < -0.4 is 10.6 Å². The van der Waals surface area contributed by atoms with Gasteiger partial charge in [-0.15, -0.1) is 0 Å². The van der Waals surface area contributed by atoms with Gasteiger partial charge in [-0.05, 0) is 55.9 Å². The Bertz CT molecular complexity index is 2150. The predicted molar refractivity (Wildman–Crippen MR) is 194 cm³/mol. The molecule has 1 heterocycles.